The zero-order chi connectivity index (χ0) is 14.0. The summed E-state index contributed by atoms with van der Waals surface area (Å²) in [5.41, 5.74) is 0.170. The lowest BCUT2D eigenvalue weighted by Crippen LogP contribution is -1.92. The van der Waals surface area contributed by atoms with Gasteiger partial charge < -0.3 is 25.5 Å². The quantitative estimate of drug-likeness (QED) is 0.324. The maximum Gasteiger partial charge on any atom is 0.201 e. The van der Waals surface area contributed by atoms with Gasteiger partial charge in [-0.05, 0) is 12.1 Å². The van der Waals surface area contributed by atoms with Gasteiger partial charge in [0, 0.05) is 5.56 Å². The van der Waals surface area contributed by atoms with Gasteiger partial charge in [0.1, 0.15) is 0 Å². The number of benzene rings is 2. The van der Waals surface area contributed by atoms with Crippen molar-refractivity contribution in [1.82, 2.24) is 0 Å². The van der Waals surface area contributed by atoms with Crippen molar-refractivity contribution in [3.05, 3.63) is 53.6 Å². The van der Waals surface area contributed by atoms with Crippen LogP contribution in [0.2, 0.25) is 0 Å². The Morgan fingerprint density at radius 3 is 1.95 bits per heavy atom. The number of aromatic hydroxyl groups is 3. The van der Waals surface area contributed by atoms with E-state index in [0.29, 0.717) is 5.56 Å². The van der Waals surface area contributed by atoms with Crippen molar-refractivity contribution in [1.29, 1.82) is 0 Å². The number of aliphatic hydroxyl groups excluding tert-OH is 2. The molecule has 5 N–H and O–H groups in total. The molecule has 0 spiro atoms. The van der Waals surface area contributed by atoms with Crippen LogP contribution in [-0.4, -0.2) is 25.5 Å². The highest BCUT2D eigenvalue weighted by Crippen LogP contribution is 2.40. The minimum absolute atomic E-state index is 0.184. The number of rotatable bonds is 2. The summed E-state index contributed by atoms with van der Waals surface area (Å²) in [7, 11) is 0. The van der Waals surface area contributed by atoms with Crippen LogP contribution in [0.25, 0.3) is 11.5 Å². The Balaban J connectivity index is 2.56. The Bertz CT molecular complexity index is 632. The smallest absolute Gasteiger partial charge is 0.201 e. The zero-order valence-corrected chi connectivity index (χ0v) is 9.78. The fourth-order valence-corrected chi connectivity index (χ4v) is 1.62. The van der Waals surface area contributed by atoms with Crippen molar-refractivity contribution in [3.63, 3.8) is 0 Å². The fourth-order valence-electron chi connectivity index (χ4n) is 1.62. The Hall–Kier alpha value is -2.82. The molecule has 98 valence electrons. The van der Waals surface area contributed by atoms with Gasteiger partial charge in [-0.1, -0.05) is 30.3 Å². The van der Waals surface area contributed by atoms with Crippen LogP contribution in [0.3, 0.4) is 0 Å². The predicted octanol–water partition coefficient (Wildman–Crippen LogP) is 2.75. The molecular weight excluding hydrogens is 248 g/mol. The second kappa shape index (κ2) is 4.81. The average molecular weight is 260 g/mol. The molecule has 0 atom stereocenters. The lowest BCUT2D eigenvalue weighted by Gasteiger charge is -2.09. The highest BCUT2D eigenvalue weighted by Gasteiger charge is 2.17. The maximum absolute atomic E-state index is 9.92. The second-order valence-corrected chi connectivity index (χ2v) is 3.89. The van der Waals surface area contributed by atoms with Crippen LogP contribution in [0, 0.1) is 0 Å². The Morgan fingerprint density at radius 2 is 1.32 bits per heavy atom. The Morgan fingerprint density at radius 1 is 0.684 bits per heavy atom. The summed E-state index contributed by atoms with van der Waals surface area (Å²) in [4.78, 5) is 0. The SMILES string of the molecule is O/C(=C(\O)c1ccc(O)c(O)c1O)c1ccccc1. The molecule has 0 fully saturated rings. The number of hydrogen-bond donors (Lipinski definition) is 5. The molecule has 0 bridgehead atoms. The summed E-state index contributed by atoms with van der Waals surface area (Å²) in [5, 5.41) is 48.0. The van der Waals surface area contributed by atoms with Gasteiger partial charge in [-0.25, -0.2) is 0 Å². The van der Waals surface area contributed by atoms with Crippen molar-refractivity contribution in [3.8, 4) is 17.2 Å². The molecule has 0 heterocycles. The van der Waals surface area contributed by atoms with E-state index in [4.69, 9.17) is 0 Å². The van der Waals surface area contributed by atoms with E-state index in [1.807, 2.05) is 0 Å². The maximum atomic E-state index is 9.92. The van der Waals surface area contributed by atoms with Crippen LogP contribution in [0.15, 0.2) is 42.5 Å². The normalized spacial score (nSPS) is 12.0. The van der Waals surface area contributed by atoms with Crippen LogP contribution >= 0.6 is 0 Å². The molecule has 19 heavy (non-hydrogen) atoms. The van der Waals surface area contributed by atoms with E-state index in [2.05, 4.69) is 0 Å². The van der Waals surface area contributed by atoms with Crippen molar-refractivity contribution >= 4 is 11.5 Å². The minimum Gasteiger partial charge on any atom is -0.504 e. The van der Waals surface area contributed by atoms with E-state index >= 15 is 0 Å². The first-order valence-electron chi connectivity index (χ1n) is 5.44. The summed E-state index contributed by atoms with van der Waals surface area (Å²) in [5.74, 6) is -3.03. The third-order valence-corrected chi connectivity index (χ3v) is 2.66. The molecule has 0 aliphatic heterocycles. The highest BCUT2D eigenvalue weighted by molar-refractivity contribution is 5.85. The molecule has 0 saturated heterocycles. The first kappa shape index (κ1) is 12.6. The van der Waals surface area contributed by atoms with Crippen molar-refractivity contribution in [2.24, 2.45) is 0 Å². The molecular formula is C14H12O5. The topological polar surface area (TPSA) is 101 Å². The molecule has 5 nitrogen and oxygen atoms in total. The molecule has 5 heteroatoms. The average Bonchev–Trinajstić information content (AvgIpc) is 2.44. The molecule has 2 aromatic carbocycles. The lowest BCUT2D eigenvalue weighted by atomic mass is 10.1. The van der Waals surface area contributed by atoms with E-state index in [0.717, 1.165) is 6.07 Å². The van der Waals surface area contributed by atoms with Crippen molar-refractivity contribution in [2.75, 3.05) is 0 Å². The molecule has 0 unspecified atom stereocenters. The van der Waals surface area contributed by atoms with Crippen LogP contribution < -0.4 is 0 Å². The first-order valence-corrected chi connectivity index (χ1v) is 5.44. The summed E-state index contributed by atoms with van der Waals surface area (Å²) in [6.45, 7) is 0. The minimum atomic E-state index is -0.759. The van der Waals surface area contributed by atoms with Gasteiger partial charge >= 0.3 is 0 Å². The van der Waals surface area contributed by atoms with E-state index in [9.17, 15) is 25.5 Å². The van der Waals surface area contributed by atoms with Gasteiger partial charge in [-0.3, -0.25) is 0 Å². The number of aliphatic hydroxyl groups is 2. The second-order valence-electron chi connectivity index (χ2n) is 3.89. The number of hydrogen-bond acceptors (Lipinski definition) is 5. The van der Waals surface area contributed by atoms with Gasteiger partial charge in [0.25, 0.3) is 0 Å². The Labute approximate surface area is 108 Å². The first-order chi connectivity index (χ1) is 9.02. The summed E-state index contributed by atoms with van der Waals surface area (Å²) >= 11 is 0. The number of phenols is 3. The van der Waals surface area contributed by atoms with Crippen molar-refractivity contribution < 1.29 is 25.5 Å². The molecule has 0 radical (unpaired) electrons. The fraction of sp³-hybridized carbons (Fsp3) is 0. The van der Waals surface area contributed by atoms with Gasteiger partial charge in [0.05, 0.1) is 5.56 Å². The Kier molecular flexibility index (Phi) is 3.20. The van der Waals surface area contributed by atoms with Gasteiger partial charge in [0.2, 0.25) is 5.75 Å². The van der Waals surface area contributed by atoms with E-state index < -0.39 is 28.8 Å². The molecule has 0 aliphatic carbocycles. The van der Waals surface area contributed by atoms with E-state index in [-0.39, 0.29) is 5.56 Å². The molecule has 0 aliphatic rings. The predicted molar refractivity (Wildman–Crippen MR) is 70.0 cm³/mol. The van der Waals surface area contributed by atoms with Crippen molar-refractivity contribution in [2.45, 2.75) is 0 Å². The largest absolute Gasteiger partial charge is 0.504 e. The standard InChI is InChI=1S/C14H12O5/c15-10-7-6-9(13(18)14(10)19)12(17)11(16)8-4-2-1-3-5-8/h1-7,15-19H/b12-11-. The number of phenolic OH excluding ortho intramolecular Hbond substituents is 3. The molecule has 0 amide bonds. The lowest BCUT2D eigenvalue weighted by molar-refractivity contribution is 0.364. The van der Waals surface area contributed by atoms with E-state index in [1.165, 1.54) is 6.07 Å². The summed E-state index contributed by atoms with van der Waals surface area (Å²) in [6.07, 6.45) is 0. The monoisotopic (exact) mass is 260 g/mol. The highest BCUT2D eigenvalue weighted by atomic mass is 16.3. The van der Waals surface area contributed by atoms with Gasteiger partial charge in [-0.2, -0.15) is 0 Å². The van der Waals surface area contributed by atoms with Crippen LogP contribution in [-0.2, 0) is 0 Å². The summed E-state index contributed by atoms with van der Waals surface area (Å²) in [6, 6.07) is 10.5. The van der Waals surface area contributed by atoms with Gasteiger partial charge in [0.15, 0.2) is 23.0 Å². The molecule has 2 rings (SSSR count). The molecule has 2 aromatic rings. The zero-order valence-electron chi connectivity index (χ0n) is 9.78. The third-order valence-electron chi connectivity index (χ3n) is 2.66. The van der Waals surface area contributed by atoms with Gasteiger partial charge in [-0.15, -0.1) is 0 Å². The summed E-state index contributed by atoms with van der Waals surface area (Å²) < 4.78 is 0. The van der Waals surface area contributed by atoms with E-state index in [1.54, 1.807) is 30.3 Å². The van der Waals surface area contributed by atoms with Crippen LogP contribution in [0.1, 0.15) is 11.1 Å². The third kappa shape index (κ3) is 2.26. The van der Waals surface area contributed by atoms with Crippen LogP contribution in [0.5, 0.6) is 17.2 Å². The molecule has 0 saturated carbocycles. The molecule has 0 aromatic heterocycles. The van der Waals surface area contributed by atoms with Crippen LogP contribution in [0.4, 0.5) is 0 Å².